The molecule has 0 aliphatic carbocycles. The van der Waals surface area contributed by atoms with E-state index >= 15 is 0 Å². The van der Waals surface area contributed by atoms with E-state index in [0.717, 1.165) is 0 Å². The van der Waals surface area contributed by atoms with Gasteiger partial charge in [-0.2, -0.15) is 0 Å². The number of carbonyl (C=O) groups is 2. The van der Waals surface area contributed by atoms with Crippen LogP contribution in [0.1, 0.15) is 18.9 Å². The van der Waals surface area contributed by atoms with Crippen LogP contribution in [0.4, 0.5) is 17.3 Å². The molecule has 0 saturated carbocycles. The number of halogens is 4. The number of imidazole rings is 1. The molecule has 12 heteroatoms. The molecule has 1 atom stereocenters. The maximum atomic E-state index is 9.75. The molecule has 0 spiro atoms. The minimum atomic E-state index is -6.00. The number of rotatable bonds is 1. The highest BCUT2D eigenvalue weighted by atomic mass is 19.5. The Morgan fingerprint density at radius 2 is 1.60 bits per heavy atom. The molecular weight excluding hydrogens is 291 g/mol. The minimum absolute atomic E-state index is 0.468. The van der Waals surface area contributed by atoms with Gasteiger partial charge in [0.15, 0.2) is 0 Å². The largest absolute Gasteiger partial charge is 0.673 e. The summed E-state index contributed by atoms with van der Waals surface area (Å²) in [5, 5.41) is 23.8. The Balaban J connectivity index is 0. The SMILES string of the molecule is CC(O)c1nccn1C.F[B-](F)(F)F.O=C(O)C(=O)O. The highest BCUT2D eigenvalue weighted by Gasteiger charge is 2.20. The summed E-state index contributed by atoms with van der Waals surface area (Å²) in [4.78, 5) is 22.1. The molecule has 1 aromatic rings. The van der Waals surface area contributed by atoms with Crippen molar-refractivity contribution in [3.05, 3.63) is 18.2 Å². The van der Waals surface area contributed by atoms with Crippen molar-refractivity contribution in [3.63, 3.8) is 0 Å². The van der Waals surface area contributed by atoms with Gasteiger partial charge in [-0.3, -0.25) is 0 Å². The Kier molecular flexibility index (Phi) is 9.00. The van der Waals surface area contributed by atoms with E-state index in [1.165, 1.54) is 0 Å². The van der Waals surface area contributed by atoms with Gasteiger partial charge in [0.2, 0.25) is 0 Å². The minimum Gasteiger partial charge on any atom is -0.473 e. The van der Waals surface area contributed by atoms with Crippen LogP contribution >= 0.6 is 0 Å². The highest BCUT2D eigenvalue weighted by molar-refractivity contribution is 6.50. The summed E-state index contributed by atoms with van der Waals surface area (Å²) in [5.74, 6) is -2.94. The quantitative estimate of drug-likeness (QED) is 0.404. The first-order valence-corrected chi connectivity index (χ1v) is 4.85. The van der Waals surface area contributed by atoms with Gasteiger partial charge in [0.1, 0.15) is 11.9 Å². The lowest BCUT2D eigenvalue weighted by atomic mass is 10.3. The lowest BCUT2D eigenvalue weighted by Gasteiger charge is -2.01. The zero-order valence-corrected chi connectivity index (χ0v) is 10.4. The second-order valence-corrected chi connectivity index (χ2v) is 3.18. The normalized spacial score (nSPS) is 11.3. The zero-order chi connectivity index (χ0) is 16.5. The van der Waals surface area contributed by atoms with Crippen molar-refractivity contribution < 1.29 is 42.2 Å². The Morgan fingerprint density at radius 3 is 1.70 bits per heavy atom. The highest BCUT2D eigenvalue weighted by Crippen LogP contribution is 2.06. The van der Waals surface area contributed by atoms with E-state index in [9.17, 15) is 17.3 Å². The number of carboxylic acid groups (broad SMARTS) is 2. The Bertz CT molecular complexity index is 417. The predicted molar refractivity (Wildman–Crippen MR) is 59.3 cm³/mol. The molecule has 0 radical (unpaired) electrons. The molecule has 0 aliphatic heterocycles. The van der Waals surface area contributed by atoms with Gasteiger partial charge < -0.3 is 37.1 Å². The van der Waals surface area contributed by atoms with Gasteiger partial charge in [-0.05, 0) is 6.92 Å². The molecule has 0 aliphatic rings. The molecule has 7 nitrogen and oxygen atoms in total. The predicted octanol–water partition coefficient (Wildman–Crippen LogP) is 0.929. The Hall–Kier alpha value is -2.11. The smallest absolute Gasteiger partial charge is 0.473 e. The van der Waals surface area contributed by atoms with Crippen LogP contribution in [-0.4, -0.2) is 44.1 Å². The van der Waals surface area contributed by atoms with E-state index in [0.29, 0.717) is 5.82 Å². The molecule has 20 heavy (non-hydrogen) atoms. The van der Waals surface area contributed by atoms with Crippen molar-refractivity contribution in [1.82, 2.24) is 9.55 Å². The fourth-order valence-electron chi connectivity index (χ4n) is 0.780. The topological polar surface area (TPSA) is 113 Å². The molecule has 0 aromatic carbocycles. The third kappa shape index (κ3) is 14.0. The van der Waals surface area contributed by atoms with Crippen LogP contribution in [0.15, 0.2) is 12.4 Å². The number of aryl methyl sites for hydroxylation is 1. The molecular formula is C8H12BF4N2O5-. The number of aliphatic hydroxyl groups excluding tert-OH is 1. The fourth-order valence-corrected chi connectivity index (χ4v) is 0.780. The van der Waals surface area contributed by atoms with Crippen molar-refractivity contribution in [1.29, 1.82) is 0 Å². The van der Waals surface area contributed by atoms with E-state index in [1.807, 2.05) is 13.2 Å². The Morgan fingerprint density at radius 1 is 1.25 bits per heavy atom. The van der Waals surface area contributed by atoms with Gasteiger partial charge in [0, 0.05) is 19.4 Å². The van der Waals surface area contributed by atoms with Crippen molar-refractivity contribution in [2.75, 3.05) is 0 Å². The molecule has 3 N–H and O–H groups in total. The number of aliphatic hydroxyl groups is 1. The summed E-state index contributed by atoms with van der Waals surface area (Å²) >= 11 is 0. The zero-order valence-electron chi connectivity index (χ0n) is 10.4. The van der Waals surface area contributed by atoms with E-state index in [4.69, 9.17) is 24.9 Å². The first-order valence-electron chi connectivity index (χ1n) is 4.85. The second kappa shape index (κ2) is 8.90. The number of hydrogen-bond donors (Lipinski definition) is 3. The molecule has 0 fully saturated rings. The third-order valence-electron chi connectivity index (χ3n) is 1.42. The molecule has 0 amide bonds. The summed E-state index contributed by atoms with van der Waals surface area (Å²) in [6.45, 7) is 1.70. The summed E-state index contributed by atoms with van der Waals surface area (Å²) < 4.78 is 40.8. The molecule has 0 bridgehead atoms. The monoisotopic (exact) mass is 303 g/mol. The van der Waals surface area contributed by atoms with E-state index in [1.54, 1.807) is 17.7 Å². The number of aromatic nitrogens is 2. The van der Waals surface area contributed by atoms with Crippen LogP contribution < -0.4 is 0 Å². The van der Waals surface area contributed by atoms with Gasteiger partial charge in [-0.1, -0.05) is 0 Å². The van der Waals surface area contributed by atoms with Crippen molar-refractivity contribution in [3.8, 4) is 0 Å². The number of nitrogens with zero attached hydrogens (tertiary/aromatic N) is 2. The molecule has 1 heterocycles. The van der Waals surface area contributed by atoms with E-state index in [2.05, 4.69) is 4.98 Å². The molecule has 0 saturated heterocycles. The van der Waals surface area contributed by atoms with Gasteiger partial charge in [0.05, 0.1) is 0 Å². The maximum Gasteiger partial charge on any atom is 0.673 e. The Labute approximate surface area is 110 Å². The van der Waals surface area contributed by atoms with Crippen LogP contribution in [0.3, 0.4) is 0 Å². The summed E-state index contributed by atoms with van der Waals surface area (Å²) in [7, 11) is -4.14. The fraction of sp³-hybridized carbons (Fsp3) is 0.375. The van der Waals surface area contributed by atoms with E-state index < -0.39 is 25.3 Å². The lowest BCUT2D eigenvalue weighted by Crippen LogP contribution is -2.09. The first-order chi connectivity index (χ1) is 8.86. The van der Waals surface area contributed by atoms with Crippen molar-refractivity contribution in [2.24, 2.45) is 7.05 Å². The number of hydrogen-bond acceptors (Lipinski definition) is 4. The molecule has 1 rings (SSSR count). The van der Waals surface area contributed by atoms with Crippen molar-refractivity contribution in [2.45, 2.75) is 13.0 Å². The molecule has 1 unspecified atom stereocenters. The van der Waals surface area contributed by atoms with Gasteiger partial charge in [0.25, 0.3) is 0 Å². The second-order valence-electron chi connectivity index (χ2n) is 3.18. The maximum absolute atomic E-state index is 9.75. The van der Waals surface area contributed by atoms with Crippen LogP contribution in [0.2, 0.25) is 0 Å². The van der Waals surface area contributed by atoms with Gasteiger partial charge in [-0.15, -0.1) is 0 Å². The first kappa shape index (κ1) is 20.2. The standard InChI is InChI=1S/C6H10N2O.C2H2O4.BF4/c1-5(9)6-7-3-4-8(6)2;3-1(4)2(5)6;2-1(3,4)5/h3-5,9H,1-2H3;(H,3,4)(H,5,6);/q;;-1. The average Bonchev–Trinajstić information content (AvgIpc) is 2.62. The van der Waals surface area contributed by atoms with Crippen LogP contribution in [0.25, 0.3) is 0 Å². The number of carboxylic acids is 2. The van der Waals surface area contributed by atoms with Gasteiger partial charge >= 0.3 is 19.2 Å². The molecule has 1 aromatic heterocycles. The van der Waals surface area contributed by atoms with Crippen LogP contribution in [0, 0.1) is 0 Å². The van der Waals surface area contributed by atoms with Gasteiger partial charge in [-0.25, -0.2) is 14.6 Å². The lowest BCUT2D eigenvalue weighted by molar-refractivity contribution is -0.159. The summed E-state index contributed by atoms with van der Waals surface area (Å²) in [5.41, 5.74) is 0. The summed E-state index contributed by atoms with van der Waals surface area (Å²) in [6, 6.07) is 0. The molecule has 116 valence electrons. The summed E-state index contributed by atoms with van der Waals surface area (Å²) in [6.07, 6.45) is 3.01. The van der Waals surface area contributed by atoms with Crippen LogP contribution in [-0.2, 0) is 16.6 Å². The average molecular weight is 303 g/mol. The third-order valence-corrected chi connectivity index (χ3v) is 1.42. The van der Waals surface area contributed by atoms with Crippen LogP contribution in [0.5, 0.6) is 0 Å². The van der Waals surface area contributed by atoms with E-state index in [-0.39, 0.29) is 0 Å². The van der Waals surface area contributed by atoms with Crippen molar-refractivity contribution >= 4 is 19.2 Å². The number of aliphatic carboxylic acids is 2.